The van der Waals surface area contributed by atoms with Crippen molar-refractivity contribution < 1.29 is 0 Å². The maximum absolute atomic E-state index is 5.72. The first kappa shape index (κ1) is 12.5. The van der Waals surface area contributed by atoms with Gasteiger partial charge in [-0.2, -0.15) is 0 Å². The van der Waals surface area contributed by atoms with Crippen molar-refractivity contribution in [3.8, 4) is 0 Å². The molecule has 0 aliphatic rings. The zero-order valence-electron chi connectivity index (χ0n) is 9.54. The molecule has 0 nitrogen and oxygen atoms in total. The second-order valence-electron chi connectivity index (χ2n) is 4.53. The van der Waals surface area contributed by atoms with Gasteiger partial charge in [-0.25, -0.2) is 0 Å². The fraction of sp³-hybridized carbons (Fsp3) is 0.385. The number of hydrogen-bond acceptors (Lipinski definition) is 0. The number of rotatable bonds is 5. The van der Waals surface area contributed by atoms with E-state index in [0.29, 0.717) is 0 Å². The molecule has 1 aromatic carbocycles. The van der Waals surface area contributed by atoms with Gasteiger partial charge in [-0.3, -0.25) is 0 Å². The Bertz CT molecular complexity index is 304. The van der Waals surface area contributed by atoms with Crippen LogP contribution in [-0.2, 0) is 0 Å². The maximum atomic E-state index is 5.72. The second kappa shape index (κ2) is 6.14. The van der Waals surface area contributed by atoms with Gasteiger partial charge in [-0.15, -0.1) is 11.6 Å². The van der Waals surface area contributed by atoms with E-state index in [1.54, 1.807) is 0 Å². The average Bonchev–Trinajstić information content (AvgIpc) is 2.25. The molecular formula is C13H19ClSi. The van der Waals surface area contributed by atoms with Crippen molar-refractivity contribution in [2.45, 2.75) is 25.6 Å². The monoisotopic (exact) mass is 238 g/mol. The van der Waals surface area contributed by atoms with Crippen molar-refractivity contribution >= 4 is 25.8 Å². The summed E-state index contributed by atoms with van der Waals surface area (Å²) in [6, 6.07) is 11.8. The molecule has 0 aliphatic carbocycles. The summed E-state index contributed by atoms with van der Waals surface area (Å²) in [5, 5.41) is 0. The Balaban J connectivity index is 2.56. The highest BCUT2D eigenvalue weighted by molar-refractivity contribution is 6.82. The van der Waals surface area contributed by atoms with Crippen molar-refractivity contribution in [1.29, 1.82) is 0 Å². The van der Waals surface area contributed by atoms with Crippen LogP contribution in [0.1, 0.15) is 12.0 Å². The third-order valence-corrected chi connectivity index (χ3v) is 5.46. The molecule has 0 N–H and O–H groups in total. The Kier molecular flexibility index (Phi) is 5.13. The molecule has 0 atom stereocenters. The number of benzene rings is 1. The van der Waals surface area contributed by atoms with Crippen molar-refractivity contribution in [3.05, 3.63) is 41.6 Å². The van der Waals surface area contributed by atoms with E-state index in [9.17, 15) is 0 Å². The number of alkyl halides is 1. The van der Waals surface area contributed by atoms with E-state index in [1.165, 1.54) is 11.6 Å². The zero-order chi connectivity index (χ0) is 11.1. The van der Waals surface area contributed by atoms with Gasteiger partial charge in [-0.05, 0) is 12.0 Å². The van der Waals surface area contributed by atoms with Crippen LogP contribution in [0.3, 0.4) is 0 Å². The molecule has 0 aromatic heterocycles. The smallest absolute Gasteiger partial charge is 0.0718 e. The van der Waals surface area contributed by atoms with Gasteiger partial charge in [0.25, 0.3) is 0 Å². The van der Waals surface area contributed by atoms with Crippen LogP contribution in [0.2, 0.25) is 19.1 Å². The van der Waals surface area contributed by atoms with Crippen LogP contribution in [-0.4, -0.2) is 14.0 Å². The molecule has 82 valence electrons. The Morgan fingerprint density at radius 1 is 1.20 bits per heavy atom. The molecule has 0 bridgehead atoms. The Hall–Kier alpha value is -0.533. The molecule has 0 saturated carbocycles. The number of hydrogen-bond donors (Lipinski definition) is 0. The fourth-order valence-corrected chi connectivity index (χ4v) is 3.75. The zero-order valence-corrected chi connectivity index (χ0v) is 11.3. The molecule has 1 aromatic rings. The van der Waals surface area contributed by atoms with E-state index in [-0.39, 0.29) is 0 Å². The largest absolute Gasteiger partial charge is 0.127 e. The minimum absolute atomic E-state index is 0.787. The summed E-state index contributed by atoms with van der Waals surface area (Å²) in [6.45, 7) is 4.78. The third-order valence-electron chi connectivity index (χ3n) is 2.48. The SMILES string of the molecule is C[Si](C)(C=Cc1ccccc1)CCCCl. The topological polar surface area (TPSA) is 0 Å². The first-order chi connectivity index (χ1) is 7.14. The summed E-state index contributed by atoms with van der Waals surface area (Å²) < 4.78 is 0. The average molecular weight is 239 g/mol. The van der Waals surface area contributed by atoms with Crippen LogP contribution in [0.15, 0.2) is 36.0 Å². The Labute approximate surface area is 99.0 Å². The molecule has 2 heteroatoms. The van der Waals surface area contributed by atoms with Crippen LogP contribution in [0.4, 0.5) is 0 Å². The standard InChI is InChI=1S/C13H19ClSi/c1-15(2,11-6-10-14)12-9-13-7-4-3-5-8-13/h3-5,7-9,12H,6,10-11H2,1-2H3. The van der Waals surface area contributed by atoms with Gasteiger partial charge in [0.15, 0.2) is 0 Å². The van der Waals surface area contributed by atoms with Crippen LogP contribution in [0, 0.1) is 0 Å². The lowest BCUT2D eigenvalue weighted by Gasteiger charge is -2.16. The predicted octanol–water partition coefficient (Wildman–Crippen LogP) is 4.58. The predicted molar refractivity (Wildman–Crippen MR) is 73.1 cm³/mol. The van der Waals surface area contributed by atoms with Crippen LogP contribution in [0.25, 0.3) is 6.08 Å². The molecule has 0 heterocycles. The summed E-state index contributed by atoms with van der Waals surface area (Å²) in [5.41, 5.74) is 3.71. The van der Waals surface area contributed by atoms with E-state index in [2.05, 4.69) is 49.1 Å². The third kappa shape index (κ3) is 5.19. The van der Waals surface area contributed by atoms with Gasteiger partial charge in [0, 0.05) is 5.88 Å². The molecule has 0 fully saturated rings. The molecular weight excluding hydrogens is 220 g/mol. The molecule has 0 spiro atoms. The van der Waals surface area contributed by atoms with Crippen molar-refractivity contribution in [1.82, 2.24) is 0 Å². The normalized spacial score (nSPS) is 12.2. The van der Waals surface area contributed by atoms with E-state index in [1.807, 2.05) is 6.07 Å². The minimum atomic E-state index is -1.17. The van der Waals surface area contributed by atoms with E-state index in [4.69, 9.17) is 11.6 Å². The summed E-state index contributed by atoms with van der Waals surface area (Å²) >= 11 is 5.72. The van der Waals surface area contributed by atoms with E-state index >= 15 is 0 Å². The highest BCUT2D eigenvalue weighted by atomic mass is 35.5. The Morgan fingerprint density at radius 2 is 1.87 bits per heavy atom. The van der Waals surface area contributed by atoms with Crippen LogP contribution >= 0.6 is 11.6 Å². The molecule has 15 heavy (non-hydrogen) atoms. The van der Waals surface area contributed by atoms with Gasteiger partial charge < -0.3 is 0 Å². The van der Waals surface area contributed by atoms with Gasteiger partial charge in [0.2, 0.25) is 0 Å². The van der Waals surface area contributed by atoms with Crippen LogP contribution < -0.4 is 0 Å². The van der Waals surface area contributed by atoms with E-state index < -0.39 is 8.07 Å². The summed E-state index contributed by atoms with van der Waals surface area (Å²) in [4.78, 5) is 0. The highest BCUT2D eigenvalue weighted by Crippen LogP contribution is 2.16. The van der Waals surface area contributed by atoms with Gasteiger partial charge in [-0.1, -0.05) is 61.2 Å². The Morgan fingerprint density at radius 3 is 2.47 bits per heavy atom. The summed E-state index contributed by atoms with van der Waals surface area (Å²) in [6.07, 6.45) is 3.39. The quantitative estimate of drug-likeness (QED) is 0.521. The lowest BCUT2D eigenvalue weighted by molar-refractivity contribution is 1.06. The van der Waals surface area contributed by atoms with Crippen molar-refractivity contribution in [3.63, 3.8) is 0 Å². The molecule has 0 saturated heterocycles. The molecule has 0 radical (unpaired) electrons. The van der Waals surface area contributed by atoms with Crippen LogP contribution in [0.5, 0.6) is 0 Å². The fourth-order valence-electron chi connectivity index (χ4n) is 1.49. The molecule has 0 aliphatic heterocycles. The molecule has 1 rings (SSSR count). The molecule has 0 amide bonds. The number of halogens is 1. The first-order valence-corrected chi connectivity index (χ1v) is 9.26. The highest BCUT2D eigenvalue weighted by Gasteiger charge is 2.15. The van der Waals surface area contributed by atoms with E-state index in [0.717, 1.165) is 12.3 Å². The summed E-state index contributed by atoms with van der Waals surface area (Å²) in [5.74, 6) is 0.787. The molecule has 0 unspecified atom stereocenters. The minimum Gasteiger partial charge on any atom is -0.127 e. The van der Waals surface area contributed by atoms with Gasteiger partial charge >= 0.3 is 0 Å². The van der Waals surface area contributed by atoms with Crippen molar-refractivity contribution in [2.75, 3.05) is 5.88 Å². The first-order valence-electron chi connectivity index (χ1n) is 5.44. The lowest BCUT2D eigenvalue weighted by atomic mass is 10.2. The maximum Gasteiger partial charge on any atom is 0.0718 e. The van der Waals surface area contributed by atoms with Crippen molar-refractivity contribution in [2.24, 2.45) is 0 Å². The summed E-state index contributed by atoms with van der Waals surface area (Å²) in [7, 11) is -1.17. The lowest BCUT2D eigenvalue weighted by Crippen LogP contribution is -2.21. The second-order valence-corrected chi connectivity index (χ2v) is 9.71. The van der Waals surface area contributed by atoms with Gasteiger partial charge in [0.05, 0.1) is 8.07 Å². The van der Waals surface area contributed by atoms with Gasteiger partial charge in [0.1, 0.15) is 0 Å².